The highest BCUT2D eigenvalue weighted by molar-refractivity contribution is 7.92. The maximum atomic E-state index is 13.6. The Morgan fingerprint density at radius 1 is 1.12 bits per heavy atom. The smallest absolute Gasteiger partial charge is 0.337 e. The fraction of sp³-hybridized carbons (Fsp3) is 0.333. The summed E-state index contributed by atoms with van der Waals surface area (Å²) in [4.78, 5) is 14.3. The maximum absolute atomic E-state index is 13.6. The molecule has 9 heteroatoms. The van der Waals surface area contributed by atoms with E-state index in [0.29, 0.717) is 29.0 Å². The molecule has 1 saturated heterocycles. The van der Waals surface area contributed by atoms with E-state index in [9.17, 15) is 13.2 Å². The van der Waals surface area contributed by atoms with Gasteiger partial charge in [0, 0.05) is 24.7 Å². The third-order valence-electron chi connectivity index (χ3n) is 5.82. The van der Waals surface area contributed by atoms with Crippen molar-refractivity contribution in [2.45, 2.75) is 37.5 Å². The molecular weight excluding hydrogens is 442 g/mol. The molecule has 33 heavy (non-hydrogen) atoms. The molecule has 0 saturated carbocycles. The van der Waals surface area contributed by atoms with Crippen molar-refractivity contribution in [1.82, 2.24) is 5.16 Å². The van der Waals surface area contributed by atoms with Crippen LogP contribution in [0.25, 0.3) is 11.3 Å². The minimum atomic E-state index is -4.00. The number of hydrogen-bond acceptors (Lipinski definition) is 7. The lowest BCUT2D eigenvalue weighted by Gasteiger charge is -2.31. The quantitative estimate of drug-likeness (QED) is 0.509. The van der Waals surface area contributed by atoms with E-state index in [1.165, 1.54) is 13.2 Å². The first-order valence-corrected chi connectivity index (χ1v) is 12.5. The predicted molar refractivity (Wildman–Crippen MR) is 126 cm³/mol. The minimum Gasteiger partial charge on any atom is -0.465 e. The van der Waals surface area contributed by atoms with E-state index < -0.39 is 16.0 Å². The van der Waals surface area contributed by atoms with Crippen molar-refractivity contribution in [2.75, 3.05) is 29.8 Å². The Bertz CT molecular complexity index is 1230. The largest absolute Gasteiger partial charge is 0.465 e. The summed E-state index contributed by atoms with van der Waals surface area (Å²) in [7, 11) is -2.73. The van der Waals surface area contributed by atoms with Gasteiger partial charge in [0.2, 0.25) is 0 Å². The normalized spacial score (nSPS) is 14.2. The van der Waals surface area contributed by atoms with Crippen molar-refractivity contribution in [3.05, 3.63) is 59.8 Å². The van der Waals surface area contributed by atoms with Crippen LogP contribution in [0, 0.1) is 0 Å². The third-order valence-corrected chi connectivity index (χ3v) is 7.27. The van der Waals surface area contributed by atoms with Crippen LogP contribution in [0.5, 0.6) is 0 Å². The van der Waals surface area contributed by atoms with E-state index in [4.69, 9.17) is 9.26 Å². The number of piperidine rings is 1. The van der Waals surface area contributed by atoms with E-state index in [-0.39, 0.29) is 10.5 Å². The molecule has 2 heterocycles. The Morgan fingerprint density at radius 3 is 2.58 bits per heavy atom. The van der Waals surface area contributed by atoms with Crippen LogP contribution < -0.4 is 9.62 Å². The second-order valence-corrected chi connectivity index (χ2v) is 9.58. The molecule has 0 aliphatic carbocycles. The topological polar surface area (TPSA) is 102 Å². The Morgan fingerprint density at radius 2 is 1.91 bits per heavy atom. The molecule has 1 fully saturated rings. The summed E-state index contributed by atoms with van der Waals surface area (Å²) in [6.45, 7) is 3.58. The number of aryl methyl sites for hydroxylation is 1. The average molecular weight is 470 g/mol. The van der Waals surface area contributed by atoms with Crippen LogP contribution in [0.4, 0.5) is 11.4 Å². The van der Waals surface area contributed by atoms with Crippen LogP contribution in [-0.4, -0.2) is 39.7 Å². The van der Waals surface area contributed by atoms with Crippen LogP contribution in [0.15, 0.2) is 58.1 Å². The Kier molecular flexibility index (Phi) is 6.69. The summed E-state index contributed by atoms with van der Waals surface area (Å²) < 4.78 is 39.9. The predicted octanol–water partition coefficient (Wildman–Crippen LogP) is 4.48. The van der Waals surface area contributed by atoms with E-state index >= 15 is 0 Å². The molecule has 8 nitrogen and oxygen atoms in total. The number of anilines is 2. The van der Waals surface area contributed by atoms with Gasteiger partial charge in [0.1, 0.15) is 0 Å². The van der Waals surface area contributed by atoms with Gasteiger partial charge < -0.3 is 14.2 Å². The molecule has 0 unspecified atom stereocenters. The number of benzene rings is 2. The summed E-state index contributed by atoms with van der Waals surface area (Å²) in [6, 6.07) is 11.9. The highest BCUT2D eigenvalue weighted by Crippen LogP contribution is 2.35. The van der Waals surface area contributed by atoms with Gasteiger partial charge in [-0.1, -0.05) is 18.1 Å². The van der Waals surface area contributed by atoms with Gasteiger partial charge in [-0.25, -0.2) is 13.2 Å². The molecule has 1 aliphatic heterocycles. The van der Waals surface area contributed by atoms with E-state index in [1.807, 2.05) is 19.1 Å². The molecule has 0 bridgehead atoms. The number of esters is 1. The Labute approximate surface area is 193 Å². The van der Waals surface area contributed by atoms with Crippen molar-refractivity contribution in [1.29, 1.82) is 0 Å². The first kappa shape index (κ1) is 22.8. The number of sulfonamides is 1. The van der Waals surface area contributed by atoms with Crippen molar-refractivity contribution in [3.8, 4) is 11.3 Å². The zero-order valence-electron chi connectivity index (χ0n) is 18.7. The summed E-state index contributed by atoms with van der Waals surface area (Å²) in [5, 5.41) is 3.75. The lowest BCUT2D eigenvalue weighted by Crippen LogP contribution is -2.30. The maximum Gasteiger partial charge on any atom is 0.337 e. The minimum absolute atomic E-state index is 0.0579. The number of aromatic nitrogens is 1. The second-order valence-electron chi connectivity index (χ2n) is 7.93. The molecule has 1 aromatic heterocycles. The molecule has 1 aliphatic rings. The summed E-state index contributed by atoms with van der Waals surface area (Å²) in [6.07, 6.45) is 5.31. The van der Waals surface area contributed by atoms with Gasteiger partial charge in [-0.15, -0.1) is 0 Å². The lowest BCUT2D eigenvalue weighted by molar-refractivity contribution is 0.0600. The molecule has 3 aromatic rings. The van der Waals surface area contributed by atoms with Gasteiger partial charge in [0.15, 0.2) is 5.76 Å². The molecular formula is C24H27N3O5S. The van der Waals surface area contributed by atoms with Crippen LogP contribution >= 0.6 is 0 Å². The van der Waals surface area contributed by atoms with E-state index in [0.717, 1.165) is 38.0 Å². The molecule has 2 aromatic carbocycles. The fourth-order valence-corrected chi connectivity index (χ4v) is 5.49. The zero-order chi connectivity index (χ0) is 23.4. The monoisotopic (exact) mass is 469 g/mol. The molecule has 0 spiro atoms. The van der Waals surface area contributed by atoms with Gasteiger partial charge in [-0.3, -0.25) is 4.72 Å². The van der Waals surface area contributed by atoms with Gasteiger partial charge in [0.25, 0.3) is 10.0 Å². The summed E-state index contributed by atoms with van der Waals surface area (Å²) in [5.41, 5.74) is 2.77. The van der Waals surface area contributed by atoms with Gasteiger partial charge in [-0.05, 0) is 61.6 Å². The third kappa shape index (κ3) is 4.88. The number of hydrogen-bond donors (Lipinski definition) is 1. The highest BCUT2D eigenvalue weighted by atomic mass is 32.2. The van der Waals surface area contributed by atoms with Crippen LogP contribution in [0.2, 0.25) is 0 Å². The van der Waals surface area contributed by atoms with Gasteiger partial charge in [-0.2, -0.15) is 0 Å². The fourth-order valence-electron chi connectivity index (χ4n) is 4.09. The number of nitrogens with one attached hydrogen (secondary N) is 1. The molecule has 0 radical (unpaired) electrons. The lowest BCUT2D eigenvalue weighted by atomic mass is 10.1. The van der Waals surface area contributed by atoms with Crippen LogP contribution in [-0.2, 0) is 21.2 Å². The van der Waals surface area contributed by atoms with Crippen LogP contribution in [0.3, 0.4) is 0 Å². The molecule has 1 N–H and O–H groups in total. The summed E-state index contributed by atoms with van der Waals surface area (Å²) >= 11 is 0. The average Bonchev–Trinajstić information content (AvgIpc) is 3.38. The SMILES string of the molecule is CCc1ccc(C(=O)OC)cc1S(=O)(=O)Nc1cc(-c2ccno2)ccc1N1CCCCC1. The number of nitrogens with zero attached hydrogens (tertiary/aromatic N) is 2. The second kappa shape index (κ2) is 9.66. The number of rotatable bonds is 7. The first-order chi connectivity index (χ1) is 15.9. The standard InChI is InChI=1S/C24H27N3O5S/c1-3-17-7-8-19(24(28)31-2)16-23(17)33(29,30)26-20-15-18(22-11-12-25-32-22)9-10-21(20)27-13-5-4-6-14-27/h7-12,15-16,26H,3-6,13-14H2,1-2H3. The van der Waals surface area contributed by atoms with E-state index in [2.05, 4.69) is 14.8 Å². The van der Waals surface area contributed by atoms with Crippen molar-refractivity contribution in [3.63, 3.8) is 0 Å². The molecule has 4 rings (SSSR count). The molecule has 174 valence electrons. The van der Waals surface area contributed by atoms with Gasteiger partial charge in [0.05, 0.1) is 35.1 Å². The first-order valence-electron chi connectivity index (χ1n) is 11.0. The molecule has 0 amide bonds. The molecule has 0 atom stereocenters. The van der Waals surface area contributed by atoms with Crippen molar-refractivity contribution in [2.24, 2.45) is 0 Å². The van der Waals surface area contributed by atoms with Gasteiger partial charge >= 0.3 is 5.97 Å². The van der Waals surface area contributed by atoms with Crippen molar-refractivity contribution < 1.29 is 22.5 Å². The number of carbonyl (C=O) groups is 1. The Balaban J connectivity index is 1.78. The highest BCUT2D eigenvalue weighted by Gasteiger charge is 2.24. The number of carbonyl (C=O) groups excluding carboxylic acids is 1. The number of ether oxygens (including phenoxy) is 1. The Hall–Kier alpha value is -3.33. The van der Waals surface area contributed by atoms with Crippen LogP contribution in [0.1, 0.15) is 42.1 Å². The number of methoxy groups -OCH3 is 1. The zero-order valence-corrected chi connectivity index (χ0v) is 19.5. The van der Waals surface area contributed by atoms with Crippen molar-refractivity contribution >= 4 is 27.4 Å². The van der Waals surface area contributed by atoms with E-state index in [1.54, 1.807) is 30.5 Å². The summed E-state index contributed by atoms with van der Waals surface area (Å²) in [5.74, 6) is -0.0435.